The lowest BCUT2D eigenvalue weighted by atomic mass is 10.1. The lowest BCUT2D eigenvalue weighted by Gasteiger charge is -2.19. The fourth-order valence-electron chi connectivity index (χ4n) is 4.01. The third-order valence-electron chi connectivity index (χ3n) is 6.43. The smallest absolute Gasteiger partial charge is 0.220 e. The van der Waals surface area contributed by atoms with Crippen LogP contribution in [0.2, 0.25) is 0 Å². The van der Waals surface area contributed by atoms with Crippen LogP contribution in [0.3, 0.4) is 0 Å². The summed E-state index contributed by atoms with van der Waals surface area (Å²) in [6, 6.07) is -0.651. The molecular formula is C34H59NO3. The molecule has 2 atom stereocenters. The molecule has 2 unspecified atom stereocenters. The highest BCUT2D eigenvalue weighted by molar-refractivity contribution is 5.76. The summed E-state index contributed by atoms with van der Waals surface area (Å²) in [4.78, 5) is 12.2. The molecule has 0 aromatic heterocycles. The molecule has 0 radical (unpaired) electrons. The third kappa shape index (κ3) is 25.7. The maximum absolute atomic E-state index is 12.2. The van der Waals surface area contributed by atoms with Gasteiger partial charge in [-0.25, -0.2) is 0 Å². The minimum absolute atomic E-state index is 0.0990. The number of unbranched alkanes of at least 4 members (excludes halogenated alkanes) is 11. The summed E-state index contributed by atoms with van der Waals surface area (Å²) in [5.41, 5.74) is 0. The molecule has 0 saturated heterocycles. The van der Waals surface area contributed by atoms with Gasteiger partial charge in [0.15, 0.2) is 0 Å². The summed E-state index contributed by atoms with van der Waals surface area (Å²) in [6.07, 6.45) is 40.0. The fraction of sp³-hybridized carbons (Fsp3) is 0.676. The Hall–Kier alpha value is -1.91. The molecule has 0 saturated carbocycles. The standard InChI is InChI=1S/C34H59NO3/c1-3-5-7-9-11-13-15-16-17-18-20-22-24-26-28-30-34(38)35-32(31-36)33(37)29-27-25-23-21-19-14-12-10-8-6-4-2/h8,10-11,13,16-17,19,21,27,29,32-33,36-37H,3-7,9,12,14-15,18,20,22-26,28,30-31H2,1-2H3,(H,35,38)/b10-8+,13-11-,17-16-,21-19+,29-27+. The number of rotatable bonds is 26. The van der Waals surface area contributed by atoms with E-state index in [1.54, 1.807) is 6.08 Å². The predicted octanol–water partition coefficient (Wildman–Crippen LogP) is 8.67. The van der Waals surface area contributed by atoms with Crippen molar-refractivity contribution in [1.82, 2.24) is 5.32 Å². The van der Waals surface area contributed by atoms with Gasteiger partial charge in [-0.1, -0.05) is 113 Å². The van der Waals surface area contributed by atoms with Gasteiger partial charge in [-0.15, -0.1) is 0 Å². The number of amides is 1. The summed E-state index contributed by atoms with van der Waals surface area (Å²) in [5.74, 6) is -0.0990. The van der Waals surface area contributed by atoms with Gasteiger partial charge in [-0.05, 0) is 70.6 Å². The molecule has 4 heteroatoms. The summed E-state index contributed by atoms with van der Waals surface area (Å²) >= 11 is 0. The lowest BCUT2D eigenvalue weighted by Crippen LogP contribution is -2.45. The molecule has 0 bridgehead atoms. The van der Waals surface area contributed by atoms with Crippen LogP contribution in [0.15, 0.2) is 60.8 Å². The molecule has 0 rings (SSSR count). The number of hydrogen-bond donors (Lipinski definition) is 3. The Balaban J connectivity index is 3.80. The Bertz CT molecular complexity index is 663. The van der Waals surface area contributed by atoms with Gasteiger partial charge in [0.05, 0.1) is 18.8 Å². The Morgan fingerprint density at radius 3 is 1.76 bits per heavy atom. The van der Waals surface area contributed by atoms with Gasteiger partial charge in [-0.2, -0.15) is 0 Å². The first-order valence-electron chi connectivity index (χ1n) is 15.5. The lowest BCUT2D eigenvalue weighted by molar-refractivity contribution is -0.123. The minimum Gasteiger partial charge on any atom is -0.394 e. The third-order valence-corrected chi connectivity index (χ3v) is 6.43. The predicted molar refractivity (Wildman–Crippen MR) is 165 cm³/mol. The highest BCUT2D eigenvalue weighted by Crippen LogP contribution is 2.09. The number of allylic oxidation sites excluding steroid dienone is 9. The van der Waals surface area contributed by atoms with Crippen molar-refractivity contribution in [3.05, 3.63) is 60.8 Å². The van der Waals surface area contributed by atoms with Crippen molar-refractivity contribution in [3.63, 3.8) is 0 Å². The van der Waals surface area contributed by atoms with E-state index in [2.05, 4.69) is 67.8 Å². The molecular weight excluding hydrogens is 470 g/mol. The first-order valence-corrected chi connectivity index (χ1v) is 15.5. The molecule has 0 aliphatic rings. The maximum Gasteiger partial charge on any atom is 0.220 e. The Kier molecular flexibility index (Phi) is 28.2. The first-order chi connectivity index (χ1) is 18.7. The molecule has 218 valence electrons. The monoisotopic (exact) mass is 529 g/mol. The van der Waals surface area contributed by atoms with Crippen LogP contribution in [0.1, 0.15) is 129 Å². The van der Waals surface area contributed by atoms with E-state index in [1.807, 2.05) is 6.08 Å². The van der Waals surface area contributed by atoms with E-state index in [4.69, 9.17) is 0 Å². The van der Waals surface area contributed by atoms with Crippen molar-refractivity contribution in [2.45, 2.75) is 142 Å². The first kappa shape index (κ1) is 36.1. The summed E-state index contributed by atoms with van der Waals surface area (Å²) in [7, 11) is 0. The molecule has 0 aromatic rings. The number of aliphatic hydroxyl groups excluding tert-OH is 2. The van der Waals surface area contributed by atoms with Crippen molar-refractivity contribution in [2.24, 2.45) is 0 Å². The average Bonchev–Trinajstić information content (AvgIpc) is 2.92. The Morgan fingerprint density at radius 1 is 0.632 bits per heavy atom. The zero-order valence-electron chi connectivity index (χ0n) is 24.7. The van der Waals surface area contributed by atoms with Crippen molar-refractivity contribution in [1.29, 1.82) is 0 Å². The molecule has 1 amide bonds. The van der Waals surface area contributed by atoms with E-state index in [9.17, 15) is 15.0 Å². The molecule has 0 aromatic carbocycles. The van der Waals surface area contributed by atoms with Crippen LogP contribution in [-0.2, 0) is 4.79 Å². The second-order valence-electron chi connectivity index (χ2n) is 10.1. The molecule has 0 aliphatic carbocycles. The van der Waals surface area contributed by atoms with Crippen LogP contribution in [0.4, 0.5) is 0 Å². The van der Waals surface area contributed by atoms with Crippen LogP contribution in [0, 0.1) is 0 Å². The van der Waals surface area contributed by atoms with Crippen LogP contribution < -0.4 is 5.32 Å². The summed E-state index contributed by atoms with van der Waals surface area (Å²) in [5, 5.41) is 22.7. The van der Waals surface area contributed by atoms with Gasteiger partial charge in [0.25, 0.3) is 0 Å². The minimum atomic E-state index is -0.874. The van der Waals surface area contributed by atoms with Crippen LogP contribution in [0.5, 0.6) is 0 Å². The molecule has 0 heterocycles. The van der Waals surface area contributed by atoms with Crippen molar-refractivity contribution in [3.8, 4) is 0 Å². The zero-order valence-corrected chi connectivity index (χ0v) is 24.7. The zero-order chi connectivity index (χ0) is 27.9. The molecule has 0 fully saturated rings. The topological polar surface area (TPSA) is 69.6 Å². The number of hydrogen-bond acceptors (Lipinski definition) is 3. The van der Waals surface area contributed by atoms with Gasteiger partial charge < -0.3 is 15.5 Å². The number of carbonyl (C=O) groups is 1. The normalized spacial score (nSPS) is 14.1. The molecule has 0 spiro atoms. The van der Waals surface area contributed by atoms with Crippen LogP contribution in [0.25, 0.3) is 0 Å². The molecule has 3 N–H and O–H groups in total. The van der Waals surface area contributed by atoms with Gasteiger partial charge in [-0.3, -0.25) is 4.79 Å². The fourth-order valence-corrected chi connectivity index (χ4v) is 4.01. The number of aliphatic hydroxyl groups is 2. The summed E-state index contributed by atoms with van der Waals surface area (Å²) in [6.45, 7) is 4.15. The second kappa shape index (κ2) is 29.6. The van der Waals surface area contributed by atoms with Crippen molar-refractivity contribution in [2.75, 3.05) is 6.61 Å². The van der Waals surface area contributed by atoms with E-state index < -0.39 is 12.1 Å². The van der Waals surface area contributed by atoms with Crippen LogP contribution in [-0.4, -0.2) is 34.9 Å². The van der Waals surface area contributed by atoms with Gasteiger partial charge in [0, 0.05) is 6.42 Å². The molecule has 38 heavy (non-hydrogen) atoms. The quantitative estimate of drug-likeness (QED) is 0.0775. The van der Waals surface area contributed by atoms with E-state index in [1.165, 1.54) is 44.9 Å². The van der Waals surface area contributed by atoms with E-state index >= 15 is 0 Å². The van der Waals surface area contributed by atoms with Crippen molar-refractivity contribution >= 4 is 5.91 Å². The largest absolute Gasteiger partial charge is 0.394 e. The summed E-state index contributed by atoms with van der Waals surface area (Å²) < 4.78 is 0. The maximum atomic E-state index is 12.2. The molecule has 0 aliphatic heterocycles. The van der Waals surface area contributed by atoms with E-state index in [-0.39, 0.29) is 12.5 Å². The highest BCUT2D eigenvalue weighted by Gasteiger charge is 2.17. The molecule has 4 nitrogen and oxygen atoms in total. The number of carbonyl (C=O) groups excluding carboxylic acids is 1. The van der Waals surface area contributed by atoms with Gasteiger partial charge in [0.2, 0.25) is 5.91 Å². The number of nitrogens with one attached hydrogen (secondary N) is 1. The Labute approximate surface area is 235 Å². The Morgan fingerprint density at radius 2 is 1.16 bits per heavy atom. The van der Waals surface area contributed by atoms with Crippen LogP contribution >= 0.6 is 0 Å². The van der Waals surface area contributed by atoms with E-state index in [0.717, 1.165) is 64.2 Å². The highest BCUT2D eigenvalue weighted by atomic mass is 16.3. The second-order valence-corrected chi connectivity index (χ2v) is 10.1. The van der Waals surface area contributed by atoms with Gasteiger partial charge >= 0.3 is 0 Å². The van der Waals surface area contributed by atoms with E-state index in [0.29, 0.717) is 6.42 Å². The van der Waals surface area contributed by atoms with Crippen molar-refractivity contribution < 1.29 is 15.0 Å². The van der Waals surface area contributed by atoms with Gasteiger partial charge in [0.1, 0.15) is 0 Å². The average molecular weight is 530 g/mol. The SMILES string of the molecule is CCC/C=C/CC/C=C/CC/C=C/C(O)C(CO)NC(=O)CCCCCCC/C=C\C/C=C\CCCCC.